The summed E-state index contributed by atoms with van der Waals surface area (Å²) in [6.07, 6.45) is -14.2. The van der Waals surface area contributed by atoms with Gasteiger partial charge in [0.25, 0.3) is 0 Å². The first-order valence-corrected chi connectivity index (χ1v) is 14.4. The second-order valence-corrected chi connectivity index (χ2v) is 11.1. The molecule has 252 valence electrons. The summed E-state index contributed by atoms with van der Waals surface area (Å²) in [5.41, 5.74) is 0.665. The Balaban J connectivity index is 1.60. The Morgan fingerprint density at radius 3 is 2.13 bits per heavy atom. The van der Waals surface area contributed by atoms with E-state index in [0.717, 1.165) is 0 Å². The molecule has 0 saturated carbocycles. The van der Waals surface area contributed by atoms with E-state index < -0.39 is 73.4 Å². The van der Waals surface area contributed by atoms with Gasteiger partial charge in [-0.3, -0.25) is 4.79 Å². The lowest BCUT2D eigenvalue weighted by atomic mass is 9.97. The van der Waals surface area contributed by atoms with Gasteiger partial charge in [-0.25, -0.2) is 0 Å². The summed E-state index contributed by atoms with van der Waals surface area (Å²) in [7, 11) is 4.35. The van der Waals surface area contributed by atoms with Crippen LogP contribution in [-0.4, -0.2) is 120 Å². The highest BCUT2D eigenvalue weighted by atomic mass is 16.8. The molecule has 2 aliphatic rings. The minimum Gasteiger partial charge on any atom is -0.496 e. The topological polar surface area (TPSA) is 216 Å². The quantitative estimate of drug-likeness (QED) is 0.177. The molecule has 0 bridgehead atoms. The average molecular weight is 651 g/mol. The molecule has 3 heterocycles. The van der Waals surface area contributed by atoms with E-state index in [0.29, 0.717) is 22.6 Å². The largest absolute Gasteiger partial charge is 0.496 e. The number of fused-ring (bicyclic) bond motifs is 1. The predicted octanol–water partition coefficient (Wildman–Crippen LogP) is -0.175. The molecule has 10 atom stereocenters. The van der Waals surface area contributed by atoms with Crippen molar-refractivity contribution in [2.45, 2.75) is 75.3 Å². The highest BCUT2D eigenvalue weighted by Crippen LogP contribution is 2.39. The number of hydrogen-bond donors (Lipinski definition) is 6. The third kappa shape index (κ3) is 6.01. The number of benzene rings is 2. The van der Waals surface area contributed by atoms with E-state index in [1.54, 1.807) is 25.1 Å². The zero-order chi connectivity index (χ0) is 33.4. The van der Waals surface area contributed by atoms with Gasteiger partial charge in [-0.2, -0.15) is 0 Å². The van der Waals surface area contributed by atoms with Crippen LogP contribution in [0.25, 0.3) is 22.1 Å². The van der Waals surface area contributed by atoms with Crippen LogP contribution in [0.5, 0.6) is 23.0 Å². The minimum atomic E-state index is -1.77. The SMILES string of the molecule is COc1ccc(-c2coc3c(C)c(OC)cc(O[C@@H]4O[C@H](CO)[C@@H](O)[C@H](O)[C@H]4O[C@@H]4O[C@@H](C)[C@H](O)[C@@H](O)[C@H]4O)c3c2=O)cc1OC. The number of aliphatic hydroxyl groups is 6. The van der Waals surface area contributed by atoms with Gasteiger partial charge in [0.05, 0.1) is 39.6 Å². The zero-order valence-electron chi connectivity index (χ0n) is 25.7. The van der Waals surface area contributed by atoms with Crippen LogP contribution >= 0.6 is 0 Å². The Labute approximate surface area is 263 Å². The van der Waals surface area contributed by atoms with Crippen LogP contribution < -0.4 is 24.4 Å². The van der Waals surface area contributed by atoms with Crippen molar-refractivity contribution < 1.29 is 68.2 Å². The Morgan fingerprint density at radius 1 is 0.783 bits per heavy atom. The molecule has 5 rings (SSSR count). The van der Waals surface area contributed by atoms with Crippen molar-refractivity contribution in [3.8, 4) is 34.1 Å². The molecular weight excluding hydrogens is 612 g/mol. The van der Waals surface area contributed by atoms with E-state index >= 15 is 0 Å². The summed E-state index contributed by atoms with van der Waals surface area (Å²) in [4.78, 5) is 14.1. The highest BCUT2D eigenvalue weighted by Gasteiger charge is 2.51. The van der Waals surface area contributed by atoms with Crippen LogP contribution in [-0.2, 0) is 14.2 Å². The Morgan fingerprint density at radius 2 is 1.48 bits per heavy atom. The van der Waals surface area contributed by atoms with Gasteiger partial charge < -0.3 is 68.2 Å². The number of ether oxygens (including phenoxy) is 7. The summed E-state index contributed by atoms with van der Waals surface area (Å²) < 4.78 is 45.4. The zero-order valence-corrected chi connectivity index (χ0v) is 25.7. The Bertz CT molecular complexity index is 1590. The van der Waals surface area contributed by atoms with E-state index in [1.165, 1.54) is 40.6 Å². The third-order valence-corrected chi connectivity index (χ3v) is 8.29. The normalized spacial score (nSPS) is 31.5. The van der Waals surface area contributed by atoms with Crippen LogP contribution in [0.15, 0.2) is 39.7 Å². The fourth-order valence-corrected chi connectivity index (χ4v) is 5.59. The molecule has 0 spiro atoms. The van der Waals surface area contributed by atoms with Gasteiger partial charge >= 0.3 is 0 Å². The van der Waals surface area contributed by atoms with Crippen LogP contribution in [0.1, 0.15) is 12.5 Å². The lowest BCUT2D eigenvalue weighted by Gasteiger charge is -2.45. The molecule has 6 N–H and O–H groups in total. The maximum absolute atomic E-state index is 14.1. The molecule has 2 saturated heterocycles. The van der Waals surface area contributed by atoms with Gasteiger partial charge in [-0.15, -0.1) is 0 Å². The van der Waals surface area contributed by atoms with Crippen LogP contribution in [0, 0.1) is 6.92 Å². The predicted molar refractivity (Wildman–Crippen MR) is 158 cm³/mol. The molecule has 0 radical (unpaired) electrons. The van der Waals surface area contributed by atoms with Crippen molar-refractivity contribution in [2.75, 3.05) is 27.9 Å². The number of aliphatic hydroxyl groups excluding tert-OH is 6. The maximum Gasteiger partial charge on any atom is 0.229 e. The standard InChI is InChI=1S/C31H38O15/c1-12-17(40-4)9-19(21-23(34)15(11-42-28(12)21)14-6-7-16(39-3)18(8-14)41-5)44-31-29(26(37)24(35)20(10-32)45-31)46-30-27(38)25(36)22(33)13(2)43-30/h6-9,11,13,20,22,24-27,29-33,35-38H,10H2,1-5H3/t13-,20+,22-,24+,25+,26-,27+,29+,30-,31+/m0/s1. The van der Waals surface area contributed by atoms with E-state index in [1.807, 2.05) is 0 Å². The van der Waals surface area contributed by atoms with E-state index in [4.69, 9.17) is 37.6 Å². The van der Waals surface area contributed by atoms with Gasteiger partial charge in [-0.05, 0) is 31.5 Å². The van der Waals surface area contributed by atoms with Gasteiger partial charge in [0.15, 0.2) is 23.9 Å². The lowest BCUT2D eigenvalue weighted by Crippen LogP contribution is -2.64. The van der Waals surface area contributed by atoms with Crippen molar-refractivity contribution in [1.29, 1.82) is 0 Å². The number of hydrogen-bond acceptors (Lipinski definition) is 15. The van der Waals surface area contributed by atoms with E-state index in [-0.39, 0.29) is 28.0 Å². The molecule has 2 fully saturated rings. The molecule has 2 aliphatic heterocycles. The second-order valence-electron chi connectivity index (χ2n) is 11.1. The summed E-state index contributed by atoms with van der Waals surface area (Å²) >= 11 is 0. The highest BCUT2D eigenvalue weighted by molar-refractivity contribution is 5.91. The van der Waals surface area contributed by atoms with Crippen LogP contribution in [0.2, 0.25) is 0 Å². The smallest absolute Gasteiger partial charge is 0.229 e. The first-order valence-electron chi connectivity index (χ1n) is 14.4. The molecule has 3 aromatic rings. The van der Waals surface area contributed by atoms with Gasteiger partial charge in [0.1, 0.15) is 65.4 Å². The Hall–Kier alpha value is -3.51. The summed E-state index contributed by atoms with van der Waals surface area (Å²) in [5, 5.41) is 62.5. The maximum atomic E-state index is 14.1. The van der Waals surface area contributed by atoms with Crippen molar-refractivity contribution in [3.05, 3.63) is 46.3 Å². The first-order chi connectivity index (χ1) is 21.9. The van der Waals surface area contributed by atoms with Crippen molar-refractivity contribution in [2.24, 2.45) is 0 Å². The average Bonchev–Trinajstić information content (AvgIpc) is 3.06. The molecule has 1 aromatic heterocycles. The van der Waals surface area contributed by atoms with Crippen molar-refractivity contribution in [1.82, 2.24) is 0 Å². The van der Waals surface area contributed by atoms with Gasteiger partial charge in [0.2, 0.25) is 11.7 Å². The summed E-state index contributed by atoms with van der Waals surface area (Å²) in [6.45, 7) is 2.39. The molecular formula is C31H38O15. The van der Waals surface area contributed by atoms with Gasteiger partial charge in [0, 0.05) is 11.6 Å². The fraction of sp³-hybridized carbons (Fsp3) is 0.516. The lowest BCUT2D eigenvalue weighted by molar-refractivity contribution is -0.354. The fourth-order valence-electron chi connectivity index (χ4n) is 5.59. The number of methoxy groups -OCH3 is 3. The van der Waals surface area contributed by atoms with Crippen molar-refractivity contribution >= 4 is 11.0 Å². The summed E-state index contributed by atoms with van der Waals surface area (Å²) in [5.74, 6) is 0.971. The number of rotatable bonds is 9. The minimum absolute atomic E-state index is 0.0322. The third-order valence-electron chi connectivity index (χ3n) is 8.29. The monoisotopic (exact) mass is 650 g/mol. The second kappa shape index (κ2) is 13.7. The first kappa shape index (κ1) is 33.8. The Kier molecular flexibility index (Phi) is 10.1. The van der Waals surface area contributed by atoms with Gasteiger partial charge in [-0.1, -0.05) is 6.07 Å². The van der Waals surface area contributed by atoms with Crippen LogP contribution in [0.3, 0.4) is 0 Å². The van der Waals surface area contributed by atoms with E-state index in [9.17, 15) is 35.4 Å². The van der Waals surface area contributed by atoms with E-state index in [2.05, 4.69) is 0 Å². The number of aryl methyl sites for hydroxylation is 1. The molecule has 0 aliphatic carbocycles. The molecule has 0 amide bonds. The molecule has 15 heteroatoms. The molecule has 0 unspecified atom stereocenters. The molecule has 46 heavy (non-hydrogen) atoms. The molecule has 2 aromatic carbocycles. The van der Waals surface area contributed by atoms with Crippen LogP contribution in [0.4, 0.5) is 0 Å². The summed E-state index contributed by atoms with van der Waals surface area (Å²) in [6, 6.07) is 6.29. The molecule has 15 nitrogen and oxygen atoms in total. The van der Waals surface area contributed by atoms with Crippen molar-refractivity contribution in [3.63, 3.8) is 0 Å².